The summed E-state index contributed by atoms with van der Waals surface area (Å²) in [6.45, 7) is 0. The third kappa shape index (κ3) is 2.17. The number of aryl methyl sites for hydroxylation is 1. The molecule has 108 valence electrons. The van der Waals surface area contributed by atoms with E-state index in [0.717, 1.165) is 30.4 Å². The van der Waals surface area contributed by atoms with Crippen LogP contribution in [0.2, 0.25) is 0 Å². The largest absolute Gasteiger partial charge is 0.507 e. The predicted octanol–water partition coefficient (Wildman–Crippen LogP) is 3.30. The molecule has 3 heteroatoms. The molecule has 1 heterocycles. The van der Waals surface area contributed by atoms with Gasteiger partial charge in [0.05, 0.1) is 5.56 Å². The monoisotopic (exact) mass is 282 g/mol. The zero-order valence-corrected chi connectivity index (χ0v) is 11.9. The van der Waals surface area contributed by atoms with E-state index in [1.165, 1.54) is 18.4 Å². The van der Waals surface area contributed by atoms with Gasteiger partial charge in [0.15, 0.2) is 0 Å². The fourth-order valence-corrected chi connectivity index (χ4v) is 3.37. The van der Waals surface area contributed by atoms with Gasteiger partial charge in [-0.1, -0.05) is 24.3 Å². The average Bonchev–Trinajstić information content (AvgIpc) is 3.23. The van der Waals surface area contributed by atoms with Crippen molar-refractivity contribution in [3.8, 4) is 5.75 Å². The second-order valence-corrected chi connectivity index (χ2v) is 6.12. The first-order chi connectivity index (χ1) is 10.2. The third-order valence-corrected chi connectivity index (χ3v) is 4.64. The predicted molar refractivity (Wildman–Crippen MR) is 79.9 cm³/mol. The standard InChI is InChI=1S/C18H18O3/c19-17-14-6-3-7-16(14)21-18(20)15(17)10-12-4-1-2-5-13(12)11-8-9-11/h1-2,4-5,11,19H,3,6-10H2. The average molecular weight is 282 g/mol. The number of benzene rings is 1. The minimum Gasteiger partial charge on any atom is -0.507 e. The van der Waals surface area contributed by atoms with Crippen LogP contribution in [0.5, 0.6) is 5.75 Å². The summed E-state index contributed by atoms with van der Waals surface area (Å²) < 4.78 is 5.40. The van der Waals surface area contributed by atoms with E-state index in [9.17, 15) is 9.90 Å². The lowest BCUT2D eigenvalue weighted by Gasteiger charge is -2.11. The van der Waals surface area contributed by atoms with Crippen LogP contribution in [-0.4, -0.2) is 5.11 Å². The van der Waals surface area contributed by atoms with Crippen molar-refractivity contribution in [3.05, 3.63) is 62.7 Å². The molecule has 1 aromatic heterocycles. The van der Waals surface area contributed by atoms with Crippen LogP contribution in [0.3, 0.4) is 0 Å². The summed E-state index contributed by atoms with van der Waals surface area (Å²) in [5.41, 5.74) is 3.34. The van der Waals surface area contributed by atoms with Gasteiger partial charge in [-0.2, -0.15) is 0 Å². The van der Waals surface area contributed by atoms with Gasteiger partial charge in [0.2, 0.25) is 0 Å². The molecule has 0 unspecified atom stereocenters. The molecular formula is C18H18O3. The fraction of sp³-hybridized carbons (Fsp3) is 0.389. The molecule has 21 heavy (non-hydrogen) atoms. The van der Waals surface area contributed by atoms with Crippen LogP contribution in [0.1, 0.15) is 53.2 Å². The van der Waals surface area contributed by atoms with E-state index < -0.39 is 0 Å². The van der Waals surface area contributed by atoms with Gasteiger partial charge < -0.3 is 9.52 Å². The molecule has 0 saturated heterocycles. The minimum atomic E-state index is -0.376. The smallest absolute Gasteiger partial charge is 0.343 e. The second-order valence-electron chi connectivity index (χ2n) is 6.12. The quantitative estimate of drug-likeness (QED) is 0.939. The zero-order chi connectivity index (χ0) is 14.4. The minimum absolute atomic E-state index is 0.171. The molecule has 0 aliphatic heterocycles. The molecule has 1 N–H and O–H groups in total. The Hall–Kier alpha value is -2.03. The number of hydrogen-bond acceptors (Lipinski definition) is 3. The zero-order valence-electron chi connectivity index (χ0n) is 11.9. The van der Waals surface area contributed by atoms with Crippen molar-refractivity contribution >= 4 is 0 Å². The van der Waals surface area contributed by atoms with Gasteiger partial charge in [-0.3, -0.25) is 0 Å². The summed E-state index contributed by atoms with van der Waals surface area (Å²) in [7, 11) is 0. The van der Waals surface area contributed by atoms with Gasteiger partial charge in [-0.05, 0) is 42.7 Å². The van der Waals surface area contributed by atoms with Crippen LogP contribution < -0.4 is 5.63 Å². The first-order valence-electron chi connectivity index (χ1n) is 7.68. The molecule has 1 saturated carbocycles. The molecule has 2 aliphatic rings. The van der Waals surface area contributed by atoms with E-state index in [2.05, 4.69) is 12.1 Å². The van der Waals surface area contributed by atoms with Crippen LogP contribution in [0, 0.1) is 0 Å². The lowest BCUT2D eigenvalue weighted by molar-refractivity contribution is 0.416. The van der Waals surface area contributed by atoms with Crippen LogP contribution in [0.25, 0.3) is 0 Å². The Kier molecular flexibility index (Phi) is 2.88. The summed E-state index contributed by atoms with van der Waals surface area (Å²) in [6, 6.07) is 8.23. The first-order valence-corrected chi connectivity index (χ1v) is 7.68. The first kappa shape index (κ1) is 12.7. The van der Waals surface area contributed by atoms with Crippen molar-refractivity contribution in [2.75, 3.05) is 0 Å². The maximum atomic E-state index is 12.2. The number of hydrogen-bond donors (Lipinski definition) is 1. The van der Waals surface area contributed by atoms with E-state index in [4.69, 9.17) is 4.42 Å². The van der Waals surface area contributed by atoms with Crippen molar-refractivity contribution in [2.45, 2.75) is 44.4 Å². The van der Waals surface area contributed by atoms with Gasteiger partial charge in [-0.15, -0.1) is 0 Å². The highest BCUT2D eigenvalue weighted by Crippen LogP contribution is 2.42. The Balaban J connectivity index is 1.77. The van der Waals surface area contributed by atoms with Gasteiger partial charge >= 0.3 is 5.63 Å². The molecule has 1 fully saturated rings. The maximum absolute atomic E-state index is 12.2. The Morgan fingerprint density at radius 2 is 2.00 bits per heavy atom. The Morgan fingerprint density at radius 1 is 1.19 bits per heavy atom. The van der Waals surface area contributed by atoms with Gasteiger partial charge in [0.1, 0.15) is 11.5 Å². The summed E-state index contributed by atoms with van der Waals surface area (Å²) in [5.74, 6) is 1.48. The summed E-state index contributed by atoms with van der Waals surface area (Å²) in [5, 5.41) is 10.4. The molecular weight excluding hydrogens is 264 g/mol. The van der Waals surface area contributed by atoms with Crippen LogP contribution in [0.15, 0.2) is 33.5 Å². The topological polar surface area (TPSA) is 50.4 Å². The lowest BCUT2D eigenvalue weighted by atomic mass is 9.96. The molecule has 0 atom stereocenters. The second kappa shape index (κ2) is 4.76. The van der Waals surface area contributed by atoms with E-state index in [1.807, 2.05) is 12.1 Å². The summed E-state index contributed by atoms with van der Waals surface area (Å²) in [4.78, 5) is 12.2. The van der Waals surface area contributed by atoms with Crippen LogP contribution in [0.4, 0.5) is 0 Å². The van der Waals surface area contributed by atoms with Crippen LogP contribution >= 0.6 is 0 Å². The Morgan fingerprint density at radius 3 is 2.81 bits per heavy atom. The fourth-order valence-electron chi connectivity index (χ4n) is 3.37. The molecule has 0 bridgehead atoms. The number of rotatable bonds is 3. The normalized spacial score (nSPS) is 17.0. The highest BCUT2D eigenvalue weighted by atomic mass is 16.4. The van der Waals surface area contributed by atoms with Gasteiger partial charge in [0, 0.05) is 18.4 Å². The molecule has 2 aromatic rings. The third-order valence-electron chi connectivity index (χ3n) is 4.64. The SMILES string of the molecule is O=c1oc2c(c(O)c1Cc1ccccc1C1CC1)CCC2. The van der Waals surface area contributed by atoms with Crippen molar-refractivity contribution in [2.24, 2.45) is 0 Å². The number of fused-ring (bicyclic) bond motifs is 1. The van der Waals surface area contributed by atoms with E-state index >= 15 is 0 Å². The molecule has 3 nitrogen and oxygen atoms in total. The summed E-state index contributed by atoms with van der Waals surface area (Å²) in [6.07, 6.45) is 5.44. The Labute approximate surface area is 123 Å². The van der Waals surface area contributed by atoms with Gasteiger partial charge in [-0.25, -0.2) is 4.79 Å². The van der Waals surface area contributed by atoms with E-state index in [0.29, 0.717) is 23.7 Å². The van der Waals surface area contributed by atoms with Crippen molar-refractivity contribution in [1.29, 1.82) is 0 Å². The summed E-state index contributed by atoms with van der Waals surface area (Å²) >= 11 is 0. The van der Waals surface area contributed by atoms with Gasteiger partial charge in [0.25, 0.3) is 0 Å². The number of aromatic hydroxyl groups is 1. The highest BCUT2D eigenvalue weighted by molar-refractivity contribution is 5.46. The maximum Gasteiger partial charge on any atom is 0.343 e. The Bertz CT molecular complexity index is 754. The van der Waals surface area contributed by atoms with E-state index in [-0.39, 0.29) is 11.4 Å². The van der Waals surface area contributed by atoms with Crippen LogP contribution in [-0.2, 0) is 19.3 Å². The molecule has 1 aromatic carbocycles. The lowest BCUT2D eigenvalue weighted by Crippen LogP contribution is -2.11. The van der Waals surface area contributed by atoms with E-state index in [1.54, 1.807) is 0 Å². The highest BCUT2D eigenvalue weighted by Gasteiger charge is 2.27. The molecule has 4 rings (SSSR count). The van der Waals surface area contributed by atoms with Crippen molar-refractivity contribution in [3.63, 3.8) is 0 Å². The van der Waals surface area contributed by atoms with Crippen molar-refractivity contribution < 1.29 is 9.52 Å². The molecule has 0 amide bonds. The molecule has 2 aliphatic carbocycles. The molecule has 0 radical (unpaired) electrons. The van der Waals surface area contributed by atoms with Crippen molar-refractivity contribution in [1.82, 2.24) is 0 Å². The molecule has 0 spiro atoms.